The van der Waals surface area contributed by atoms with Gasteiger partial charge in [0.05, 0.1) is 30.2 Å². The number of benzene rings is 2. The van der Waals surface area contributed by atoms with Crippen LogP contribution < -0.4 is 5.56 Å². The minimum Gasteiger partial charge on any atom is -0.373 e. The number of hydrogen-bond acceptors (Lipinski definition) is 3. The zero-order chi connectivity index (χ0) is 21.9. The van der Waals surface area contributed by atoms with Crippen molar-refractivity contribution < 1.29 is 22.7 Å². The van der Waals surface area contributed by atoms with Gasteiger partial charge in [-0.15, -0.1) is 0 Å². The fourth-order valence-electron chi connectivity index (χ4n) is 4.14. The van der Waals surface area contributed by atoms with E-state index in [9.17, 15) is 22.8 Å². The lowest BCUT2D eigenvalue weighted by Crippen LogP contribution is -2.37. The summed E-state index contributed by atoms with van der Waals surface area (Å²) >= 11 is 0. The lowest BCUT2D eigenvalue weighted by atomic mass is 9.95. The first-order valence-corrected chi connectivity index (χ1v) is 9.50. The van der Waals surface area contributed by atoms with Gasteiger partial charge in [-0.2, -0.15) is 0 Å². The molecule has 6 nitrogen and oxygen atoms in total. The number of nitrogens with zero attached hydrogens (tertiary/aromatic N) is 1. The normalized spacial score (nSPS) is 15.9. The third-order valence-electron chi connectivity index (χ3n) is 5.63. The molecule has 1 aliphatic heterocycles. The standard InChI is InChI=1S/C22H16F3N3O3/c1-28(22(30)17-7-14-15(25)5-11(24)6-16(14)26-17)19-9-31-8-18-20(19)12-3-2-10(23)4-13(12)21(29)27-18/h2-7,19,26H,8-9H2,1H3,(H,27,29)/t19-/m0/s1. The highest BCUT2D eigenvalue weighted by Crippen LogP contribution is 2.34. The fourth-order valence-corrected chi connectivity index (χ4v) is 4.14. The van der Waals surface area contributed by atoms with E-state index in [0.717, 1.165) is 18.2 Å². The van der Waals surface area contributed by atoms with Gasteiger partial charge in [0.15, 0.2) is 0 Å². The average molecular weight is 427 g/mol. The van der Waals surface area contributed by atoms with Gasteiger partial charge in [0.25, 0.3) is 11.5 Å². The number of pyridine rings is 1. The third-order valence-corrected chi connectivity index (χ3v) is 5.63. The van der Waals surface area contributed by atoms with Crippen molar-refractivity contribution in [2.24, 2.45) is 0 Å². The average Bonchev–Trinajstić information content (AvgIpc) is 3.17. The molecular formula is C22H16F3N3O3. The van der Waals surface area contributed by atoms with Crippen LogP contribution in [0.15, 0.2) is 41.2 Å². The van der Waals surface area contributed by atoms with Crippen LogP contribution in [0.25, 0.3) is 21.7 Å². The Morgan fingerprint density at radius 2 is 1.84 bits per heavy atom. The van der Waals surface area contributed by atoms with Crippen molar-refractivity contribution in [2.75, 3.05) is 13.7 Å². The Kier molecular flexibility index (Phi) is 4.37. The van der Waals surface area contributed by atoms with Gasteiger partial charge in [0, 0.05) is 29.8 Å². The van der Waals surface area contributed by atoms with E-state index in [-0.39, 0.29) is 35.2 Å². The molecule has 9 heteroatoms. The number of aromatic amines is 2. The van der Waals surface area contributed by atoms with Gasteiger partial charge in [-0.25, -0.2) is 13.2 Å². The van der Waals surface area contributed by atoms with E-state index < -0.39 is 35.0 Å². The first-order chi connectivity index (χ1) is 14.8. The van der Waals surface area contributed by atoms with Crippen LogP contribution in [-0.2, 0) is 11.3 Å². The quantitative estimate of drug-likeness (QED) is 0.511. The molecule has 2 N–H and O–H groups in total. The molecule has 158 valence electrons. The van der Waals surface area contributed by atoms with Gasteiger partial charge in [-0.05, 0) is 29.7 Å². The van der Waals surface area contributed by atoms with Gasteiger partial charge < -0.3 is 19.6 Å². The number of likely N-dealkylation sites (N-methyl/N-ethyl adjacent to an activating group) is 1. The van der Waals surface area contributed by atoms with Crippen LogP contribution in [0.1, 0.15) is 27.8 Å². The minimum atomic E-state index is -0.773. The maximum Gasteiger partial charge on any atom is 0.270 e. The predicted octanol–water partition coefficient (Wildman–Crippen LogP) is 3.77. The van der Waals surface area contributed by atoms with Crippen molar-refractivity contribution in [1.82, 2.24) is 14.9 Å². The molecule has 31 heavy (non-hydrogen) atoms. The van der Waals surface area contributed by atoms with Crippen molar-refractivity contribution in [1.29, 1.82) is 0 Å². The van der Waals surface area contributed by atoms with Crippen LogP contribution in [0.4, 0.5) is 13.2 Å². The highest BCUT2D eigenvalue weighted by Gasteiger charge is 2.31. The van der Waals surface area contributed by atoms with Gasteiger partial charge in [-0.3, -0.25) is 9.59 Å². The van der Waals surface area contributed by atoms with Gasteiger partial charge in [0.2, 0.25) is 0 Å². The summed E-state index contributed by atoms with van der Waals surface area (Å²) in [5.41, 5.74) is 0.961. The number of ether oxygens (including phenoxy) is 1. The zero-order valence-corrected chi connectivity index (χ0v) is 16.3. The van der Waals surface area contributed by atoms with E-state index in [1.165, 1.54) is 23.1 Å². The van der Waals surface area contributed by atoms with Gasteiger partial charge >= 0.3 is 0 Å². The number of H-pyrrole nitrogens is 2. The summed E-state index contributed by atoms with van der Waals surface area (Å²) < 4.78 is 46.8. The molecule has 1 aliphatic rings. The molecule has 0 spiro atoms. The number of amides is 1. The molecule has 0 aliphatic carbocycles. The number of nitrogens with one attached hydrogen (secondary N) is 2. The predicted molar refractivity (Wildman–Crippen MR) is 107 cm³/mol. The van der Waals surface area contributed by atoms with Gasteiger partial charge in [0.1, 0.15) is 23.1 Å². The smallest absolute Gasteiger partial charge is 0.270 e. The molecule has 0 fully saturated rings. The van der Waals surface area contributed by atoms with Crippen LogP contribution in [0.2, 0.25) is 0 Å². The summed E-state index contributed by atoms with van der Waals surface area (Å²) in [7, 11) is 1.55. The number of fused-ring (bicyclic) bond motifs is 4. The SMILES string of the molecule is CN(C(=O)c1cc2c(F)cc(F)cc2[nH]1)[C@H]1COCc2[nH]c(=O)c3cc(F)ccc3c21. The Hall–Kier alpha value is -3.59. The van der Waals surface area contributed by atoms with Crippen LogP contribution in [0.5, 0.6) is 0 Å². The molecule has 0 saturated heterocycles. The third kappa shape index (κ3) is 3.09. The van der Waals surface area contributed by atoms with E-state index in [2.05, 4.69) is 9.97 Å². The van der Waals surface area contributed by atoms with Crippen LogP contribution in [-0.4, -0.2) is 34.4 Å². The van der Waals surface area contributed by atoms with E-state index in [0.29, 0.717) is 16.6 Å². The molecule has 0 bridgehead atoms. The summed E-state index contributed by atoms with van der Waals surface area (Å²) in [6.45, 7) is 0.296. The maximum absolute atomic E-state index is 14.1. The second-order valence-corrected chi connectivity index (χ2v) is 7.52. The number of aromatic nitrogens is 2. The summed E-state index contributed by atoms with van der Waals surface area (Å²) in [5, 5.41) is 0.802. The summed E-state index contributed by atoms with van der Waals surface area (Å²) in [5.74, 6) is -2.54. The Morgan fingerprint density at radius 3 is 2.65 bits per heavy atom. The summed E-state index contributed by atoms with van der Waals surface area (Å²) in [6.07, 6.45) is 0. The first-order valence-electron chi connectivity index (χ1n) is 9.50. The number of carbonyl (C=O) groups excluding carboxylic acids is 1. The molecule has 0 unspecified atom stereocenters. The maximum atomic E-state index is 14.1. The minimum absolute atomic E-state index is 0.0777. The first kappa shape index (κ1) is 19.4. The summed E-state index contributed by atoms with van der Waals surface area (Å²) in [6, 6.07) is 6.52. The number of hydrogen-bond donors (Lipinski definition) is 2. The number of carbonyl (C=O) groups is 1. The highest BCUT2D eigenvalue weighted by atomic mass is 19.1. The van der Waals surface area contributed by atoms with Gasteiger partial charge in [-0.1, -0.05) is 6.07 Å². The molecule has 0 saturated carbocycles. The zero-order valence-electron chi connectivity index (χ0n) is 16.3. The van der Waals surface area contributed by atoms with Crippen molar-refractivity contribution >= 4 is 27.6 Å². The summed E-state index contributed by atoms with van der Waals surface area (Å²) in [4.78, 5) is 32.4. The van der Waals surface area contributed by atoms with E-state index in [1.54, 1.807) is 7.05 Å². The van der Waals surface area contributed by atoms with Crippen LogP contribution in [0, 0.1) is 17.5 Å². The molecule has 5 rings (SSSR count). The number of halogens is 3. The molecule has 3 heterocycles. The molecule has 2 aromatic heterocycles. The second-order valence-electron chi connectivity index (χ2n) is 7.52. The molecule has 4 aromatic rings. The Balaban J connectivity index is 1.60. The Labute approximate surface area is 173 Å². The Bertz CT molecular complexity index is 1430. The van der Waals surface area contributed by atoms with Crippen molar-refractivity contribution in [3.05, 3.63) is 81.2 Å². The fraction of sp³-hybridized carbons (Fsp3) is 0.182. The molecule has 1 atom stereocenters. The van der Waals surface area contributed by atoms with Crippen molar-refractivity contribution in [3.63, 3.8) is 0 Å². The topological polar surface area (TPSA) is 78.2 Å². The molecule has 2 aromatic carbocycles. The van der Waals surface area contributed by atoms with Crippen LogP contribution >= 0.6 is 0 Å². The van der Waals surface area contributed by atoms with Crippen molar-refractivity contribution in [2.45, 2.75) is 12.6 Å². The van der Waals surface area contributed by atoms with Crippen LogP contribution in [0.3, 0.4) is 0 Å². The largest absolute Gasteiger partial charge is 0.373 e. The number of rotatable bonds is 2. The molecule has 1 amide bonds. The van der Waals surface area contributed by atoms with Crippen molar-refractivity contribution in [3.8, 4) is 0 Å². The lowest BCUT2D eigenvalue weighted by Gasteiger charge is -2.33. The highest BCUT2D eigenvalue weighted by molar-refractivity contribution is 5.98. The molecular weight excluding hydrogens is 411 g/mol. The monoisotopic (exact) mass is 427 g/mol. The van der Waals surface area contributed by atoms with E-state index >= 15 is 0 Å². The lowest BCUT2D eigenvalue weighted by molar-refractivity contribution is 0.0333. The molecule has 0 radical (unpaired) electrons. The van der Waals surface area contributed by atoms with E-state index in [1.807, 2.05) is 0 Å². The Morgan fingerprint density at radius 1 is 1.03 bits per heavy atom. The van der Waals surface area contributed by atoms with E-state index in [4.69, 9.17) is 4.74 Å². The second kappa shape index (κ2) is 6.98.